The highest BCUT2D eigenvalue weighted by Crippen LogP contribution is 2.30. The predicted molar refractivity (Wildman–Crippen MR) is 151 cm³/mol. The molecular formula is C34H36O5. The minimum Gasteiger partial charge on any atom is -0.374 e. The highest BCUT2D eigenvalue weighted by molar-refractivity contribution is 5.16. The van der Waals surface area contributed by atoms with Crippen LogP contribution in [0.2, 0.25) is 0 Å². The van der Waals surface area contributed by atoms with Crippen molar-refractivity contribution in [3.63, 3.8) is 0 Å². The van der Waals surface area contributed by atoms with Gasteiger partial charge in [0.1, 0.15) is 24.4 Å². The highest BCUT2D eigenvalue weighted by Gasteiger charge is 2.46. The normalized spacial score (nSPS) is 20.7. The second-order valence-corrected chi connectivity index (χ2v) is 9.74. The van der Waals surface area contributed by atoms with Gasteiger partial charge < -0.3 is 23.7 Å². The van der Waals surface area contributed by atoms with Crippen LogP contribution in [-0.2, 0) is 50.1 Å². The van der Waals surface area contributed by atoms with Crippen molar-refractivity contribution < 1.29 is 23.7 Å². The summed E-state index contributed by atoms with van der Waals surface area (Å²) in [5.74, 6) is 0. The Hall–Kier alpha value is -3.32. The van der Waals surface area contributed by atoms with Crippen LogP contribution in [0.15, 0.2) is 121 Å². The molecule has 4 atom stereocenters. The van der Waals surface area contributed by atoms with E-state index in [9.17, 15) is 0 Å². The molecule has 1 aliphatic heterocycles. The fourth-order valence-corrected chi connectivity index (χ4v) is 4.74. The van der Waals surface area contributed by atoms with Gasteiger partial charge in [0.25, 0.3) is 0 Å². The molecule has 39 heavy (non-hydrogen) atoms. The molecule has 1 fully saturated rings. The van der Waals surface area contributed by atoms with Gasteiger partial charge in [-0.25, -0.2) is 0 Å². The van der Waals surface area contributed by atoms with E-state index < -0.39 is 0 Å². The smallest absolute Gasteiger partial charge is 0.115 e. The van der Waals surface area contributed by atoms with E-state index in [0.717, 1.165) is 22.3 Å². The number of benzene rings is 4. The van der Waals surface area contributed by atoms with Gasteiger partial charge in [0.05, 0.1) is 39.6 Å². The Kier molecular flexibility index (Phi) is 10.3. The Morgan fingerprint density at radius 1 is 0.410 bits per heavy atom. The largest absolute Gasteiger partial charge is 0.374 e. The van der Waals surface area contributed by atoms with E-state index in [4.69, 9.17) is 23.7 Å². The molecule has 4 aromatic carbocycles. The summed E-state index contributed by atoms with van der Waals surface area (Å²) in [4.78, 5) is 0. The van der Waals surface area contributed by atoms with Crippen LogP contribution in [-0.4, -0.2) is 37.6 Å². The second-order valence-electron chi connectivity index (χ2n) is 9.74. The van der Waals surface area contributed by atoms with E-state index in [1.54, 1.807) is 0 Å². The minimum absolute atomic E-state index is 0.288. The molecule has 0 radical (unpaired) electrons. The number of hydrogen-bond acceptors (Lipinski definition) is 5. The van der Waals surface area contributed by atoms with Gasteiger partial charge in [-0.05, 0) is 22.3 Å². The molecule has 4 aromatic rings. The number of ether oxygens (including phenoxy) is 5. The van der Waals surface area contributed by atoms with Crippen LogP contribution < -0.4 is 0 Å². The van der Waals surface area contributed by atoms with E-state index in [-0.39, 0.29) is 24.4 Å². The third-order valence-corrected chi connectivity index (χ3v) is 6.76. The zero-order chi connectivity index (χ0) is 26.5. The zero-order valence-electron chi connectivity index (χ0n) is 22.1. The molecule has 5 heteroatoms. The summed E-state index contributed by atoms with van der Waals surface area (Å²) in [6, 6.07) is 40.7. The molecule has 0 bridgehead atoms. The van der Waals surface area contributed by atoms with Gasteiger partial charge in [0, 0.05) is 0 Å². The van der Waals surface area contributed by atoms with Gasteiger partial charge in [-0.3, -0.25) is 0 Å². The molecule has 202 valence electrons. The topological polar surface area (TPSA) is 46.2 Å². The van der Waals surface area contributed by atoms with Gasteiger partial charge in [-0.2, -0.15) is 0 Å². The molecule has 1 saturated heterocycles. The average molecular weight is 525 g/mol. The van der Waals surface area contributed by atoms with Crippen LogP contribution in [0, 0.1) is 0 Å². The SMILES string of the molecule is c1ccc(COC[C@H]2O[C@H](COCc3ccccc3)[C@@H](OCc3ccccc3)[C@@H]2OCc2ccccc2)cc1. The lowest BCUT2D eigenvalue weighted by Crippen LogP contribution is -2.40. The van der Waals surface area contributed by atoms with Gasteiger partial charge in [-0.15, -0.1) is 0 Å². The van der Waals surface area contributed by atoms with Crippen molar-refractivity contribution in [2.75, 3.05) is 13.2 Å². The van der Waals surface area contributed by atoms with Crippen molar-refractivity contribution in [3.05, 3.63) is 144 Å². The Bertz CT molecular complexity index is 1110. The molecule has 0 aromatic heterocycles. The van der Waals surface area contributed by atoms with Crippen LogP contribution in [0.1, 0.15) is 22.3 Å². The molecular weight excluding hydrogens is 488 g/mol. The van der Waals surface area contributed by atoms with Crippen molar-refractivity contribution in [2.45, 2.75) is 50.8 Å². The van der Waals surface area contributed by atoms with Crippen LogP contribution >= 0.6 is 0 Å². The Morgan fingerprint density at radius 3 is 1.05 bits per heavy atom. The van der Waals surface area contributed by atoms with E-state index in [0.29, 0.717) is 39.6 Å². The van der Waals surface area contributed by atoms with Crippen molar-refractivity contribution in [3.8, 4) is 0 Å². The number of hydrogen-bond donors (Lipinski definition) is 0. The maximum absolute atomic E-state index is 6.54. The molecule has 1 heterocycles. The highest BCUT2D eigenvalue weighted by atomic mass is 16.6. The third-order valence-electron chi connectivity index (χ3n) is 6.76. The molecule has 0 amide bonds. The Morgan fingerprint density at radius 2 is 0.718 bits per heavy atom. The molecule has 0 saturated carbocycles. The van der Waals surface area contributed by atoms with Gasteiger partial charge in [0.15, 0.2) is 0 Å². The maximum Gasteiger partial charge on any atom is 0.115 e. The van der Waals surface area contributed by atoms with Crippen molar-refractivity contribution in [1.29, 1.82) is 0 Å². The summed E-state index contributed by atoms with van der Waals surface area (Å²) in [6.07, 6.45) is -1.20. The number of rotatable bonds is 14. The summed E-state index contributed by atoms with van der Waals surface area (Å²) < 4.78 is 31.8. The minimum atomic E-state index is -0.310. The van der Waals surface area contributed by atoms with Crippen LogP contribution in [0.4, 0.5) is 0 Å². The molecule has 0 aliphatic carbocycles. The van der Waals surface area contributed by atoms with Crippen molar-refractivity contribution >= 4 is 0 Å². The van der Waals surface area contributed by atoms with Crippen molar-refractivity contribution in [2.24, 2.45) is 0 Å². The van der Waals surface area contributed by atoms with Gasteiger partial charge >= 0.3 is 0 Å². The fraction of sp³-hybridized carbons (Fsp3) is 0.294. The quantitative estimate of drug-likeness (QED) is 0.192. The van der Waals surface area contributed by atoms with Crippen LogP contribution in [0.5, 0.6) is 0 Å². The summed E-state index contributed by atoms with van der Waals surface area (Å²) in [5, 5.41) is 0. The van der Waals surface area contributed by atoms with E-state index in [2.05, 4.69) is 48.5 Å². The fourth-order valence-electron chi connectivity index (χ4n) is 4.74. The Balaban J connectivity index is 1.29. The van der Waals surface area contributed by atoms with Crippen molar-refractivity contribution in [1.82, 2.24) is 0 Å². The lowest BCUT2D eigenvalue weighted by atomic mass is 10.1. The first-order valence-corrected chi connectivity index (χ1v) is 13.5. The monoisotopic (exact) mass is 524 g/mol. The van der Waals surface area contributed by atoms with Crippen LogP contribution in [0.3, 0.4) is 0 Å². The first kappa shape index (κ1) is 27.3. The van der Waals surface area contributed by atoms with E-state index >= 15 is 0 Å². The summed E-state index contributed by atoms with van der Waals surface area (Å²) in [7, 11) is 0. The summed E-state index contributed by atoms with van der Waals surface area (Å²) >= 11 is 0. The summed E-state index contributed by atoms with van der Waals surface area (Å²) in [6.45, 7) is 2.75. The van der Waals surface area contributed by atoms with Gasteiger partial charge in [-0.1, -0.05) is 121 Å². The molecule has 1 aliphatic rings. The van der Waals surface area contributed by atoms with E-state index in [1.807, 2.05) is 72.8 Å². The molecule has 5 rings (SSSR count). The zero-order valence-corrected chi connectivity index (χ0v) is 22.1. The summed E-state index contributed by atoms with van der Waals surface area (Å²) in [5.41, 5.74) is 4.45. The lowest BCUT2D eigenvalue weighted by molar-refractivity contribution is -0.0914. The molecule has 0 spiro atoms. The predicted octanol–water partition coefficient (Wildman–Crippen LogP) is 6.36. The maximum atomic E-state index is 6.54. The van der Waals surface area contributed by atoms with Crippen LogP contribution in [0.25, 0.3) is 0 Å². The van der Waals surface area contributed by atoms with E-state index in [1.165, 1.54) is 0 Å². The molecule has 5 nitrogen and oxygen atoms in total. The average Bonchev–Trinajstić information content (AvgIpc) is 3.33. The second kappa shape index (κ2) is 14.7. The molecule has 0 N–H and O–H groups in total. The standard InChI is InChI=1S/C34H36O5/c1-5-13-27(14-6-1)21-35-25-31-33(37-23-29-17-9-3-10-18-29)34(38-24-30-19-11-4-12-20-30)32(39-31)26-36-22-28-15-7-2-8-16-28/h1-20,31-34H,21-26H2/t31-,32-,33-,34-/m1/s1. The lowest BCUT2D eigenvalue weighted by Gasteiger charge is -2.25. The third kappa shape index (κ3) is 8.33. The first-order valence-electron chi connectivity index (χ1n) is 13.5. The first-order chi connectivity index (χ1) is 19.3. The Labute approximate surface area is 231 Å². The van der Waals surface area contributed by atoms with Gasteiger partial charge in [0.2, 0.25) is 0 Å². The molecule has 0 unspecified atom stereocenters.